The van der Waals surface area contributed by atoms with Crippen molar-refractivity contribution in [1.82, 2.24) is 10.3 Å². The Balaban J connectivity index is 1.37. The van der Waals surface area contributed by atoms with E-state index in [0.717, 1.165) is 13.0 Å². The highest BCUT2D eigenvalue weighted by atomic mass is 14.9. The zero-order valence-corrected chi connectivity index (χ0v) is 23.3. The maximum absolute atomic E-state index is 4.06. The van der Waals surface area contributed by atoms with Crippen molar-refractivity contribution in [3.05, 3.63) is 48.2 Å². The van der Waals surface area contributed by atoms with E-state index in [-0.39, 0.29) is 0 Å². The fourth-order valence-corrected chi connectivity index (χ4v) is 5.28. The van der Waals surface area contributed by atoms with E-state index in [2.05, 4.69) is 61.2 Å². The SMILES string of the molecule is C=CC(CCCCCCCCCCCCCCCCCCC)NCCc1c[nH]c2ccc(C)cc12. The summed E-state index contributed by atoms with van der Waals surface area (Å²) in [5.74, 6) is 0. The van der Waals surface area contributed by atoms with Crippen molar-refractivity contribution >= 4 is 10.9 Å². The van der Waals surface area contributed by atoms with E-state index in [1.165, 1.54) is 138 Å². The van der Waals surface area contributed by atoms with Crippen LogP contribution in [0.25, 0.3) is 10.9 Å². The molecule has 198 valence electrons. The summed E-state index contributed by atoms with van der Waals surface area (Å²) < 4.78 is 0. The van der Waals surface area contributed by atoms with Crippen molar-refractivity contribution < 1.29 is 0 Å². The summed E-state index contributed by atoms with van der Waals surface area (Å²) in [7, 11) is 0. The average Bonchev–Trinajstić information content (AvgIpc) is 3.26. The van der Waals surface area contributed by atoms with Crippen molar-refractivity contribution in [2.75, 3.05) is 6.54 Å². The lowest BCUT2D eigenvalue weighted by Gasteiger charge is -2.14. The number of hydrogen-bond acceptors (Lipinski definition) is 1. The number of H-pyrrole nitrogens is 1. The third-order valence-corrected chi connectivity index (χ3v) is 7.63. The van der Waals surface area contributed by atoms with Crippen LogP contribution in [0.5, 0.6) is 0 Å². The maximum atomic E-state index is 4.06. The first-order valence-electron chi connectivity index (χ1n) is 15.2. The van der Waals surface area contributed by atoms with Crippen molar-refractivity contribution in [1.29, 1.82) is 0 Å². The third kappa shape index (κ3) is 13.4. The predicted molar refractivity (Wildman–Crippen MR) is 158 cm³/mol. The Kier molecular flexibility index (Phi) is 16.6. The lowest BCUT2D eigenvalue weighted by atomic mass is 10.0. The summed E-state index contributed by atoms with van der Waals surface area (Å²) in [6, 6.07) is 7.10. The van der Waals surface area contributed by atoms with Gasteiger partial charge in [0.05, 0.1) is 0 Å². The van der Waals surface area contributed by atoms with Crippen molar-refractivity contribution in [2.24, 2.45) is 0 Å². The van der Waals surface area contributed by atoms with Gasteiger partial charge in [0.25, 0.3) is 0 Å². The van der Waals surface area contributed by atoms with Crippen LogP contribution >= 0.6 is 0 Å². The average molecular weight is 481 g/mol. The van der Waals surface area contributed by atoms with Gasteiger partial charge in [-0.15, -0.1) is 6.58 Å². The van der Waals surface area contributed by atoms with E-state index in [1.54, 1.807) is 0 Å². The summed E-state index contributed by atoms with van der Waals surface area (Å²) in [4.78, 5) is 3.41. The first-order chi connectivity index (χ1) is 17.2. The molecule has 0 saturated carbocycles. The summed E-state index contributed by atoms with van der Waals surface area (Å²) in [5.41, 5.74) is 3.99. The molecule has 0 amide bonds. The smallest absolute Gasteiger partial charge is 0.0456 e. The van der Waals surface area contributed by atoms with Gasteiger partial charge < -0.3 is 10.3 Å². The molecule has 0 fully saturated rings. The quantitative estimate of drug-likeness (QED) is 0.120. The molecule has 35 heavy (non-hydrogen) atoms. The Labute approximate surface area is 217 Å². The molecule has 1 aromatic heterocycles. The fourth-order valence-electron chi connectivity index (χ4n) is 5.28. The first-order valence-corrected chi connectivity index (χ1v) is 15.2. The van der Waals surface area contributed by atoms with Gasteiger partial charge in [-0.05, 0) is 44.0 Å². The highest BCUT2D eigenvalue weighted by molar-refractivity contribution is 5.83. The van der Waals surface area contributed by atoms with E-state index < -0.39 is 0 Å². The highest BCUT2D eigenvalue weighted by Gasteiger charge is 2.06. The van der Waals surface area contributed by atoms with Gasteiger partial charge in [0.15, 0.2) is 0 Å². The van der Waals surface area contributed by atoms with E-state index in [1.807, 2.05) is 0 Å². The molecule has 2 heteroatoms. The van der Waals surface area contributed by atoms with Crippen LogP contribution in [0.4, 0.5) is 0 Å². The lowest BCUT2D eigenvalue weighted by Crippen LogP contribution is -2.28. The van der Waals surface area contributed by atoms with Gasteiger partial charge in [0, 0.05) is 23.1 Å². The van der Waals surface area contributed by atoms with Crippen LogP contribution in [0, 0.1) is 6.92 Å². The Morgan fingerprint density at radius 1 is 0.800 bits per heavy atom. The molecule has 0 aliphatic carbocycles. The second kappa shape index (κ2) is 19.6. The van der Waals surface area contributed by atoms with Crippen molar-refractivity contribution in [3.8, 4) is 0 Å². The summed E-state index contributed by atoms with van der Waals surface area (Å²) in [6.07, 6.45) is 30.9. The van der Waals surface area contributed by atoms with Gasteiger partial charge in [-0.1, -0.05) is 134 Å². The Morgan fingerprint density at radius 2 is 1.34 bits per heavy atom. The molecule has 2 N–H and O–H groups in total. The van der Waals surface area contributed by atoms with Gasteiger partial charge >= 0.3 is 0 Å². The van der Waals surface area contributed by atoms with Crippen LogP contribution in [-0.2, 0) is 6.42 Å². The Morgan fingerprint density at radius 3 is 1.89 bits per heavy atom. The number of benzene rings is 1. The van der Waals surface area contributed by atoms with Crippen LogP contribution in [-0.4, -0.2) is 17.6 Å². The molecule has 0 saturated heterocycles. The number of aromatic nitrogens is 1. The third-order valence-electron chi connectivity index (χ3n) is 7.63. The summed E-state index contributed by atoms with van der Waals surface area (Å²) in [5, 5.41) is 5.08. The molecule has 0 radical (unpaired) electrons. The summed E-state index contributed by atoms with van der Waals surface area (Å²) in [6.45, 7) is 9.54. The molecule has 1 heterocycles. The molecular weight excluding hydrogens is 424 g/mol. The van der Waals surface area contributed by atoms with Gasteiger partial charge in [-0.25, -0.2) is 0 Å². The van der Waals surface area contributed by atoms with Crippen LogP contribution in [0.3, 0.4) is 0 Å². The van der Waals surface area contributed by atoms with Crippen molar-refractivity contribution in [3.63, 3.8) is 0 Å². The monoisotopic (exact) mass is 480 g/mol. The second-order valence-corrected chi connectivity index (χ2v) is 10.9. The van der Waals surface area contributed by atoms with E-state index in [9.17, 15) is 0 Å². The number of rotatable bonds is 23. The maximum Gasteiger partial charge on any atom is 0.0456 e. The number of aromatic amines is 1. The van der Waals surface area contributed by atoms with Crippen LogP contribution < -0.4 is 5.32 Å². The minimum Gasteiger partial charge on any atom is -0.361 e. The highest BCUT2D eigenvalue weighted by Crippen LogP contribution is 2.20. The minimum atomic E-state index is 0.443. The van der Waals surface area contributed by atoms with Gasteiger partial charge in [-0.2, -0.15) is 0 Å². The van der Waals surface area contributed by atoms with Crippen molar-refractivity contribution in [2.45, 2.75) is 142 Å². The number of unbranched alkanes of at least 4 members (excludes halogenated alkanes) is 16. The molecule has 0 aliphatic rings. The lowest BCUT2D eigenvalue weighted by molar-refractivity contribution is 0.501. The predicted octanol–water partition coefficient (Wildman–Crippen LogP) is 10.2. The number of fused-ring (bicyclic) bond motifs is 1. The molecule has 2 aromatic rings. The number of hydrogen-bond donors (Lipinski definition) is 2. The fraction of sp³-hybridized carbons (Fsp3) is 0.697. The second-order valence-electron chi connectivity index (χ2n) is 10.9. The summed E-state index contributed by atoms with van der Waals surface area (Å²) >= 11 is 0. The zero-order valence-electron chi connectivity index (χ0n) is 23.3. The molecule has 2 nitrogen and oxygen atoms in total. The molecule has 1 atom stereocenters. The topological polar surface area (TPSA) is 27.8 Å². The minimum absolute atomic E-state index is 0.443. The number of nitrogens with one attached hydrogen (secondary N) is 2. The molecule has 0 spiro atoms. The molecule has 2 rings (SSSR count). The molecule has 0 bridgehead atoms. The normalized spacial score (nSPS) is 12.4. The number of aryl methyl sites for hydroxylation is 1. The van der Waals surface area contributed by atoms with Gasteiger partial charge in [-0.3, -0.25) is 0 Å². The van der Waals surface area contributed by atoms with Gasteiger partial charge in [0.1, 0.15) is 0 Å². The van der Waals surface area contributed by atoms with E-state index >= 15 is 0 Å². The zero-order chi connectivity index (χ0) is 25.0. The van der Waals surface area contributed by atoms with E-state index in [4.69, 9.17) is 0 Å². The van der Waals surface area contributed by atoms with Crippen LogP contribution in [0.15, 0.2) is 37.1 Å². The Bertz CT molecular complexity index is 774. The first kappa shape index (κ1) is 29.7. The van der Waals surface area contributed by atoms with Crippen LogP contribution in [0.1, 0.15) is 134 Å². The molecule has 1 unspecified atom stereocenters. The standard InChI is InChI=1S/C33H56N2/c1-4-6-7-8-9-10-11-12-13-14-15-16-17-18-19-20-21-22-31(5-2)34-26-25-30-28-35-33-24-23-29(3)27-32(30)33/h5,23-24,27-28,31,34-35H,2,4,6-22,25-26H2,1,3H3. The van der Waals surface area contributed by atoms with Gasteiger partial charge in [0.2, 0.25) is 0 Å². The van der Waals surface area contributed by atoms with Crippen LogP contribution in [0.2, 0.25) is 0 Å². The largest absolute Gasteiger partial charge is 0.361 e. The van der Waals surface area contributed by atoms with E-state index in [0.29, 0.717) is 6.04 Å². The Hall–Kier alpha value is -1.54. The molecular formula is C33H56N2. The molecule has 0 aliphatic heterocycles. The molecule has 1 aromatic carbocycles.